The number of ether oxygens (including phenoxy) is 1. The summed E-state index contributed by atoms with van der Waals surface area (Å²) in [4.78, 5) is 11.0. The maximum atomic E-state index is 11.0. The summed E-state index contributed by atoms with van der Waals surface area (Å²) in [6.45, 7) is 4.06. The maximum Gasteiger partial charge on any atom is 0.331 e. The Morgan fingerprint density at radius 2 is 1.95 bits per heavy atom. The van der Waals surface area contributed by atoms with Crippen molar-refractivity contribution in [3.8, 4) is 0 Å². The highest BCUT2D eigenvalue weighted by molar-refractivity contribution is 5.87. The Hall–Kier alpha value is -0.330. The normalized spacial score (nSPS) is 26.2. The Morgan fingerprint density at radius 3 is 2.37 bits per heavy atom. The summed E-state index contributed by atoms with van der Waals surface area (Å²) in [7, 11) is 0. The molecule has 0 saturated carbocycles. The van der Waals surface area contributed by atoms with Gasteiger partial charge in [-0.1, -0.05) is 13.8 Å². The summed E-state index contributed by atoms with van der Waals surface area (Å²) in [5.41, 5.74) is 12.1. The lowest BCUT2D eigenvalue weighted by atomic mass is 9.89. The Morgan fingerprint density at radius 1 is 1.42 bits per heavy atom. The van der Waals surface area contributed by atoms with E-state index in [9.17, 15) is 4.79 Å². The zero-order valence-electron chi connectivity index (χ0n) is 11.2. The number of rotatable bonds is 5. The van der Waals surface area contributed by atoms with Crippen LogP contribution in [0.4, 0.5) is 0 Å². The molecule has 0 unspecified atom stereocenters. The molecule has 0 aliphatic heterocycles. The fourth-order valence-electron chi connectivity index (χ4n) is 2.00. The number of carbonyl (C=O) groups is 1. The minimum atomic E-state index is -0.939. The highest BCUT2D eigenvalue weighted by Crippen LogP contribution is 2.21. The smallest absolute Gasteiger partial charge is 0.331 e. The van der Waals surface area contributed by atoms with Crippen molar-refractivity contribution < 1.29 is 14.6 Å². The quantitative estimate of drug-likeness (QED) is 0.713. The first-order valence-electron chi connectivity index (χ1n) is 6.10. The average molecular weight is 315 g/mol. The highest BCUT2D eigenvalue weighted by atomic mass is 35.5. The van der Waals surface area contributed by atoms with Gasteiger partial charge in [-0.15, -0.1) is 24.8 Å². The topological polar surface area (TPSA) is 98.6 Å². The molecule has 7 heteroatoms. The zero-order chi connectivity index (χ0) is 13.0. The summed E-state index contributed by atoms with van der Waals surface area (Å²) < 4.78 is 5.81. The first-order chi connectivity index (χ1) is 7.99. The van der Waals surface area contributed by atoms with Crippen molar-refractivity contribution in [2.45, 2.75) is 57.4 Å². The van der Waals surface area contributed by atoms with Crippen molar-refractivity contribution in [2.75, 3.05) is 0 Å². The molecule has 1 aliphatic rings. The molecule has 114 valence electrons. The molecule has 0 fully saturated rings. The van der Waals surface area contributed by atoms with E-state index >= 15 is 0 Å². The van der Waals surface area contributed by atoms with Gasteiger partial charge in [-0.2, -0.15) is 0 Å². The van der Waals surface area contributed by atoms with Crippen molar-refractivity contribution in [1.29, 1.82) is 0 Å². The van der Waals surface area contributed by atoms with Crippen LogP contribution in [0, 0.1) is 0 Å². The van der Waals surface area contributed by atoms with Crippen molar-refractivity contribution >= 4 is 30.8 Å². The van der Waals surface area contributed by atoms with Crippen LogP contribution in [0.25, 0.3) is 0 Å². The van der Waals surface area contributed by atoms with E-state index in [0.717, 1.165) is 12.8 Å². The van der Waals surface area contributed by atoms with Crippen LogP contribution in [0.15, 0.2) is 11.6 Å². The van der Waals surface area contributed by atoms with Gasteiger partial charge in [0, 0.05) is 17.7 Å². The molecule has 0 aromatic heterocycles. The zero-order valence-corrected chi connectivity index (χ0v) is 12.9. The van der Waals surface area contributed by atoms with E-state index in [-0.39, 0.29) is 43.0 Å². The van der Waals surface area contributed by atoms with Gasteiger partial charge in [0.15, 0.2) is 0 Å². The van der Waals surface area contributed by atoms with Gasteiger partial charge in [0.2, 0.25) is 0 Å². The molecule has 19 heavy (non-hydrogen) atoms. The molecule has 0 aromatic carbocycles. The molecule has 0 radical (unpaired) electrons. The van der Waals surface area contributed by atoms with Crippen LogP contribution in [0.3, 0.4) is 0 Å². The molecule has 0 spiro atoms. The number of hydrogen-bond donors (Lipinski definition) is 3. The molecule has 0 saturated heterocycles. The fraction of sp³-hybridized carbons (Fsp3) is 0.750. The van der Waals surface area contributed by atoms with Crippen LogP contribution < -0.4 is 11.5 Å². The Balaban J connectivity index is 0. The molecule has 1 aliphatic carbocycles. The number of carboxylic acid groups (broad SMARTS) is 1. The summed E-state index contributed by atoms with van der Waals surface area (Å²) in [5.74, 6) is -0.939. The first-order valence-corrected chi connectivity index (χ1v) is 6.10. The highest BCUT2D eigenvalue weighted by Gasteiger charge is 2.32. The molecule has 1 rings (SSSR count). The van der Waals surface area contributed by atoms with Crippen LogP contribution in [-0.2, 0) is 9.53 Å². The van der Waals surface area contributed by atoms with Crippen molar-refractivity contribution in [3.05, 3.63) is 11.6 Å². The van der Waals surface area contributed by atoms with Crippen LogP contribution in [-0.4, -0.2) is 35.4 Å². The van der Waals surface area contributed by atoms with E-state index in [4.69, 9.17) is 21.3 Å². The second-order valence-corrected chi connectivity index (χ2v) is 4.48. The Kier molecular flexibility index (Phi) is 10.5. The third-order valence-electron chi connectivity index (χ3n) is 3.23. The SMILES string of the molecule is CCC(CC)O[C@@H]1C=C(C(=O)O)C[C@H](N)[C@H]1N.Cl.Cl. The first kappa shape index (κ1) is 21.0. The molecule has 5 N–H and O–H groups in total. The van der Waals surface area contributed by atoms with E-state index in [1.807, 2.05) is 13.8 Å². The number of halogens is 2. The number of aliphatic carboxylic acids is 1. The molecule has 0 bridgehead atoms. The number of hydrogen-bond acceptors (Lipinski definition) is 4. The third-order valence-corrected chi connectivity index (χ3v) is 3.23. The van der Waals surface area contributed by atoms with E-state index in [1.54, 1.807) is 6.08 Å². The van der Waals surface area contributed by atoms with Gasteiger partial charge in [0.05, 0.1) is 12.2 Å². The second kappa shape index (κ2) is 9.55. The van der Waals surface area contributed by atoms with Crippen LogP contribution >= 0.6 is 24.8 Å². The van der Waals surface area contributed by atoms with Gasteiger partial charge in [-0.3, -0.25) is 0 Å². The lowest BCUT2D eigenvalue weighted by Crippen LogP contribution is -2.53. The third kappa shape index (κ3) is 5.67. The summed E-state index contributed by atoms with van der Waals surface area (Å²) >= 11 is 0. The minimum Gasteiger partial charge on any atom is -0.478 e. The Labute approximate surface area is 126 Å². The summed E-state index contributed by atoms with van der Waals surface area (Å²) in [6, 6.07) is -0.691. The van der Waals surface area contributed by atoms with Gasteiger partial charge in [0.1, 0.15) is 0 Å². The van der Waals surface area contributed by atoms with E-state index in [2.05, 4.69) is 0 Å². The molecule has 0 amide bonds. The molecular formula is C12H24Cl2N2O3. The lowest BCUT2D eigenvalue weighted by Gasteiger charge is -2.33. The molecule has 0 aromatic rings. The predicted octanol–water partition coefficient (Wildman–Crippen LogP) is 1.47. The predicted molar refractivity (Wildman–Crippen MR) is 80.0 cm³/mol. The molecule has 3 atom stereocenters. The van der Waals surface area contributed by atoms with Gasteiger partial charge in [-0.05, 0) is 25.3 Å². The van der Waals surface area contributed by atoms with Gasteiger partial charge in [-0.25, -0.2) is 4.79 Å². The molecular weight excluding hydrogens is 291 g/mol. The monoisotopic (exact) mass is 314 g/mol. The lowest BCUT2D eigenvalue weighted by molar-refractivity contribution is -0.133. The van der Waals surface area contributed by atoms with E-state index in [0.29, 0.717) is 12.0 Å². The van der Waals surface area contributed by atoms with E-state index < -0.39 is 12.1 Å². The Bertz CT molecular complexity index is 309. The van der Waals surface area contributed by atoms with Crippen molar-refractivity contribution in [3.63, 3.8) is 0 Å². The summed E-state index contributed by atoms with van der Waals surface area (Å²) in [5, 5.41) is 8.99. The van der Waals surface area contributed by atoms with Gasteiger partial charge >= 0.3 is 5.97 Å². The summed E-state index contributed by atoms with van der Waals surface area (Å²) in [6.07, 6.45) is 3.38. The van der Waals surface area contributed by atoms with Crippen molar-refractivity contribution in [2.24, 2.45) is 11.5 Å². The average Bonchev–Trinajstić information content (AvgIpc) is 2.30. The maximum absolute atomic E-state index is 11.0. The fourth-order valence-corrected chi connectivity index (χ4v) is 2.00. The molecule has 0 heterocycles. The second-order valence-electron chi connectivity index (χ2n) is 4.48. The van der Waals surface area contributed by atoms with Crippen LogP contribution in [0.2, 0.25) is 0 Å². The number of nitrogens with two attached hydrogens (primary N) is 2. The van der Waals surface area contributed by atoms with E-state index in [1.165, 1.54) is 0 Å². The van der Waals surface area contributed by atoms with Gasteiger partial charge in [0.25, 0.3) is 0 Å². The minimum absolute atomic E-state index is 0. The van der Waals surface area contributed by atoms with Crippen LogP contribution in [0.1, 0.15) is 33.1 Å². The van der Waals surface area contributed by atoms with Gasteiger partial charge < -0.3 is 21.3 Å². The molecule has 5 nitrogen and oxygen atoms in total. The largest absolute Gasteiger partial charge is 0.478 e. The van der Waals surface area contributed by atoms with Crippen molar-refractivity contribution in [1.82, 2.24) is 0 Å². The number of carboxylic acids is 1. The van der Waals surface area contributed by atoms with Crippen LogP contribution in [0.5, 0.6) is 0 Å². The standard InChI is InChI=1S/C12H22N2O3.2ClH/c1-3-8(4-2)17-10-6-7(12(15)16)5-9(13)11(10)14;;/h6,8-11H,3-5,13-14H2,1-2H3,(H,15,16);2*1H/t9-,10+,11+;;/m0../s1.